The van der Waals surface area contributed by atoms with E-state index in [9.17, 15) is 9.59 Å². The normalized spacial score (nSPS) is 46.7. The van der Waals surface area contributed by atoms with Crippen molar-refractivity contribution in [2.45, 2.75) is 63.3 Å². The summed E-state index contributed by atoms with van der Waals surface area (Å²) in [5, 5.41) is 3.05. The van der Waals surface area contributed by atoms with E-state index < -0.39 is 0 Å². The van der Waals surface area contributed by atoms with Gasteiger partial charge in [0.2, 0.25) is 5.91 Å². The molecule has 1 aliphatic heterocycles. The van der Waals surface area contributed by atoms with Gasteiger partial charge in [-0.1, -0.05) is 6.42 Å². The third-order valence-corrected chi connectivity index (χ3v) is 7.23. The molecule has 4 heteroatoms. The number of carbonyl (C=O) groups is 2. The second-order valence-electron chi connectivity index (χ2n) is 8.58. The van der Waals surface area contributed by atoms with Crippen LogP contribution in [0.5, 0.6) is 0 Å². The van der Waals surface area contributed by atoms with E-state index in [4.69, 9.17) is 0 Å². The fraction of sp³-hybridized carbons (Fsp3) is 0.882. The van der Waals surface area contributed by atoms with Gasteiger partial charge in [-0.05, 0) is 69.1 Å². The van der Waals surface area contributed by atoms with E-state index in [0.29, 0.717) is 6.54 Å². The second-order valence-corrected chi connectivity index (χ2v) is 8.58. The summed E-state index contributed by atoms with van der Waals surface area (Å²) in [6.45, 7) is 0.577. The Labute approximate surface area is 125 Å². The van der Waals surface area contributed by atoms with Gasteiger partial charge in [-0.2, -0.15) is 0 Å². The van der Waals surface area contributed by atoms with Gasteiger partial charge in [0.05, 0.1) is 11.0 Å². The maximum atomic E-state index is 13.1. The van der Waals surface area contributed by atoms with Crippen molar-refractivity contribution >= 4 is 11.9 Å². The SMILES string of the molecule is O=C1NCC2(CCC2)C(=O)N1C12CC3CC(CC(C3)C1)C2. The van der Waals surface area contributed by atoms with Crippen molar-refractivity contribution in [3.8, 4) is 0 Å². The van der Waals surface area contributed by atoms with E-state index in [0.717, 1.165) is 56.3 Å². The van der Waals surface area contributed by atoms with Crippen molar-refractivity contribution in [3.05, 3.63) is 0 Å². The summed E-state index contributed by atoms with van der Waals surface area (Å²) >= 11 is 0. The maximum absolute atomic E-state index is 13.1. The van der Waals surface area contributed by atoms with E-state index >= 15 is 0 Å². The van der Waals surface area contributed by atoms with Crippen LogP contribution in [0.2, 0.25) is 0 Å². The highest BCUT2D eigenvalue weighted by Crippen LogP contribution is 2.59. The van der Waals surface area contributed by atoms with Crippen molar-refractivity contribution < 1.29 is 9.59 Å². The molecule has 114 valence electrons. The quantitative estimate of drug-likeness (QED) is 0.806. The van der Waals surface area contributed by atoms with Crippen LogP contribution in [0.3, 0.4) is 0 Å². The van der Waals surface area contributed by atoms with Crippen LogP contribution in [0, 0.1) is 23.2 Å². The van der Waals surface area contributed by atoms with Crippen LogP contribution in [0.15, 0.2) is 0 Å². The van der Waals surface area contributed by atoms with Crippen LogP contribution in [-0.4, -0.2) is 28.9 Å². The molecule has 4 bridgehead atoms. The fourth-order valence-electron chi connectivity index (χ4n) is 6.49. The third kappa shape index (κ3) is 1.51. The molecule has 6 fully saturated rings. The molecule has 5 aliphatic carbocycles. The minimum absolute atomic E-state index is 0.0977. The van der Waals surface area contributed by atoms with Gasteiger partial charge in [-0.3, -0.25) is 9.69 Å². The van der Waals surface area contributed by atoms with Crippen molar-refractivity contribution in [1.82, 2.24) is 10.2 Å². The average Bonchev–Trinajstić information content (AvgIpc) is 2.35. The number of carbonyl (C=O) groups excluding carboxylic acids is 2. The summed E-state index contributed by atoms with van der Waals surface area (Å²) in [6.07, 6.45) is 10.3. The molecule has 0 radical (unpaired) electrons. The predicted octanol–water partition coefficient (Wildman–Crippen LogP) is 2.68. The molecule has 21 heavy (non-hydrogen) atoms. The lowest BCUT2D eigenvalue weighted by atomic mass is 9.52. The first-order valence-electron chi connectivity index (χ1n) is 8.73. The molecule has 0 atom stereocenters. The number of urea groups is 1. The molecule has 4 nitrogen and oxygen atoms in total. The van der Waals surface area contributed by atoms with Crippen molar-refractivity contribution in [2.75, 3.05) is 6.54 Å². The van der Waals surface area contributed by atoms with Crippen LogP contribution in [-0.2, 0) is 4.79 Å². The molecular formula is C17H24N2O2. The minimum Gasteiger partial charge on any atom is -0.337 e. The number of imide groups is 1. The first-order chi connectivity index (χ1) is 10.1. The number of rotatable bonds is 1. The third-order valence-electron chi connectivity index (χ3n) is 7.23. The Morgan fingerprint density at radius 3 is 2.00 bits per heavy atom. The molecule has 1 saturated heterocycles. The summed E-state index contributed by atoms with van der Waals surface area (Å²) in [5.74, 6) is 2.45. The largest absolute Gasteiger partial charge is 0.337 e. The van der Waals surface area contributed by atoms with Gasteiger partial charge in [-0.25, -0.2) is 4.79 Å². The number of hydrogen-bond donors (Lipinski definition) is 1. The van der Waals surface area contributed by atoms with Gasteiger partial charge in [0.1, 0.15) is 0 Å². The molecule has 5 saturated carbocycles. The summed E-state index contributed by atoms with van der Waals surface area (Å²) in [4.78, 5) is 27.4. The number of amides is 3. The highest BCUT2D eigenvalue weighted by atomic mass is 16.2. The van der Waals surface area contributed by atoms with E-state index in [1.54, 1.807) is 4.90 Å². The molecule has 6 rings (SSSR count). The lowest BCUT2D eigenvalue weighted by Gasteiger charge is -2.62. The second kappa shape index (κ2) is 3.82. The lowest BCUT2D eigenvalue weighted by molar-refractivity contribution is -0.162. The zero-order valence-corrected chi connectivity index (χ0v) is 12.6. The van der Waals surface area contributed by atoms with Gasteiger partial charge >= 0.3 is 6.03 Å². The standard InChI is InChI=1S/C17H24N2O2/c20-14-16(2-1-3-16)10-18-15(21)19(14)17-7-11-4-12(8-17)6-13(5-11)9-17/h11-13H,1-10H2,(H,18,21). The summed E-state index contributed by atoms with van der Waals surface area (Å²) in [5.41, 5.74) is -0.365. The molecule has 6 aliphatic rings. The molecular weight excluding hydrogens is 264 g/mol. The van der Waals surface area contributed by atoms with Gasteiger partial charge in [-0.15, -0.1) is 0 Å². The molecule has 1 spiro atoms. The average molecular weight is 288 g/mol. The molecule has 0 aromatic carbocycles. The molecule has 1 heterocycles. The van der Waals surface area contributed by atoms with Crippen molar-refractivity contribution in [1.29, 1.82) is 0 Å². The molecule has 1 N–H and O–H groups in total. The first-order valence-corrected chi connectivity index (χ1v) is 8.73. The number of hydrogen-bond acceptors (Lipinski definition) is 2. The Morgan fingerprint density at radius 1 is 0.952 bits per heavy atom. The van der Waals surface area contributed by atoms with Crippen LogP contribution >= 0.6 is 0 Å². The molecule has 0 aromatic heterocycles. The van der Waals surface area contributed by atoms with Gasteiger partial charge < -0.3 is 5.32 Å². The van der Waals surface area contributed by atoms with Gasteiger partial charge in [0.25, 0.3) is 0 Å². The summed E-state index contributed by atoms with van der Waals surface area (Å²) in [6, 6.07) is -0.0977. The molecule has 3 amide bonds. The maximum Gasteiger partial charge on any atom is 0.324 e. The number of nitrogens with one attached hydrogen (secondary N) is 1. The highest BCUT2D eigenvalue weighted by Gasteiger charge is 2.61. The van der Waals surface area contributed by atoms with Crippen LogP contribution in [0.4, 0.5) is 4.79 Å². The Bertz CT molecular complexity index is 488. The molecule has 0 unspecified atom stereocenters. The fourth-order valence-corrected chi connectivity index (χ4v) is 6.49. The topological polar surface area (TPSA) is 49.4 Å². The Balaban J connectivity index is 1.53. The Kier molecular flexibility index (Phi) is 2.27. The predicted molar refractivity (Wildman–Crippen MR) is 77.4 cm³/mol. The molecule has 0 aromatic rings. The van der Waals surface area contributed by atoms with E-state index in [-0.39, 0.29) is 22.9 Å². The zero-order chi connectivity index (χ0) is 14.2. The monoisotopic (exact) mass is 288 g/mol. The van der Waals surface area contributed by atoms with Crippen LogP contribution < -0.4 is 5.32 Å². The van der Waals surface area contributed by atoms with Gasteiger partial charge in [0.15, 0.2) is 0 Å². The van der Waals surface area contributed by atoms with Crippen LogP contribution in [0.1, 0.15) is 57.8 Å². The van der Waals surface area contributed by atoms with E-state index in [1.807, 2.05) is 0 Å². The minimum atomic E-state index is -0.239. The highest BCUT2D eigenvalue weighted by molar-refractivity contribution is 6.01. The smallest absolute Gasteiger partial charge is 0.324 e. The van der Waals surface area contributed by atoms with Crippen molar-refractivity contribution in [3.63, 3.8) is 0 Å². The zero-order valence-electron chi connectivity index (χ0n) is 12.6. The Hall–Kier alpha value is -1.06. The number of nitrogens with zero attached hydrogens (tertiary/aromatic N) is 1. The van der Waals surface area contributed by atoms with E-state index in [2.05, 4.69) is 5.32 Å². The summed E-state index contributed by atoms with van der Waals surface area (Å²) < 4.78 is 0. The Morgan fingerprint density at radius 2 is 1.52 bits per heavy atom. The van der Waals surface area contributed by atoms with Crippen LogP contribution in [0.25, 0.3) is 0 Å². The summed E-state index contributed by atoms with van der Waals surface area (Å²) in [7, 11) is 0. The van der Waals surface area contributed by atoms with Crippen molar-refractivity contribution in [2.24, 2.45) is 23.2 Å². The van der Waals surface area contributed by atoms with Gasteiger partial charge in [0, 0.05) is 6.54 Å². The first kappa shape index (κ1) is 12.5. The van der Waals surface area contributed by atoms with E-state index in [1.165, 1.54) is 19.3 Å². The lowest BCUT2D eigenvalue weighted by Crippen LogP contribution is -2.72.